The van der Waals surface area contributed by atoms with Crippen LogP contribution in [0.4, 0.5) is 0 Å². The van der Waals surface area contributed by atoms with Crippen molar-refractivity contribution in [2.45, 2.75) is 19.3 Å². The number of hydrogen-bond donors (Lipinski definition) is 0. The summed E-state index contributed by atoms with van der Waals surface area (Å²) in [5.41, 5.74) is -0.590. The van der Waals surface area contributed by atoms with Crippen LogP contribution in [0.1, 0.15) is 19.6 Å². The van der Waals surface area contributed by atoms with E-state index in [-0.39, 0.29) is 0 Å². The molecule has 11 heavy (non-hydrogen) atoms. The predicted molar refractivity (Wildman–Crippen MR) is 42.4 cm³/mol. The van der Waals surface area contributed by atoms with Gasteiger partial charge in [0.15, 0.2) is 5.22 Å². The maximum absolute atomic E-state index is 8.70. The zero-order valence-corrected chi connectivity index (χ0v) is 7.14. The Morgan fingerprint density at radius 2 is 2.18 bits per heavy atom. The smallest absolute Gasteiger partial charge is 0.193 e. The van der Waals surface area contributed by atoms with Gasteiger partial charge < -0.3 is 4.42 Å². The fourth-order valence-electron chi connectivity index (χ4n) is 0.705. The topological polar surface area (TPSA) is 36.9 Å². The second kappa shape index (κ2) is 2.60. The number of hydrogen-bond acceptors (Lipinski definition) is 2. The molecule has 1 heterocycles. The van der Waals surface area contributed by atoms with E-state index in [1.165, 1.54) is 0 Å². The highest BCUT2D eigenvalue weighted by Crippen LogP contribution is 2.25. The third-order valence-electron chi connectivity index (χ3n) is 1.47. The molecule has 1 rings (SSSR count). The molecule has 0 saturated heterocycles. The van der Waals surface area contributed by atoms with Gasteiger partial charge in [0.1, 0.15) is 11.2 Å². The van der Waals surface area contributed by atoms with Crippen LogP contribution in [-0.2, 0) is 5.41 Å². The first-order chi connectivity index (χ1) is 5.06. The second-order valence-electron chi connectivity index (χ2n) is 2.84. The average Bonchev–Trinajstić information content (AvgIpc) is 2.36. The Morgan fingerprint density at radius 1 is 1.55 bits per heavy atom. The molecule has 58 valence electrons. The quantitative estimate of drug-likeness (QED) is 0.648. The molecule has 0 spiro atoms. The lowest BCUT2D eigenvalue weighted by atomic mass is 9.93. The van der Waals surface area contributed by atoms with E-state index < -0.39 is 5.41 Å². The van der Waals surface area contributed by atoms with E-state index in [2.05, 4.69) is 6.07 Å². The number of nitrogens with zero attached hydrogens (tertiary/aromatic N) is 1. The van der Waals surface area contributed by atoms with Crippen LogP contribution in [0.15, 0.2) is 16.5 Å². The predicted octanol–water partition coefficient (Wildman–Crippen LogP) is 2.73. The number of rotatable bonds is 1. The van der Waals surface area contributed by atoms with Gasteiger partial charge >= 0.3 is 0 Å². The molecule has 0 N–H and O–H groups in total. The minimum Gasteiger partial charge on any atom is -0.448 e. The van der Waals surface area contributed by atoms with Gasteiger partial charge in [0.25, 0.3) is 0 Å². The molecule has 0 radical (unpaired) electrons. The maximum atomic E-state index is 8.70. The minimum absolute atomic E-state index is 0.323. The normalized spacial score (nSPS) is 11.1. The molecule has 0 bridgehead atoms. The first-order valence-electron chi connectivity index (χ1n) is 3.23. The molecule has 0 amide bonds. The zero-order valence-electron chi connectivity index (χ0n) is 6.39. The highest BCUT2D eigenvalue weighted by atomic mass is 35.5. The van der Waals surface area contributed by atoms with Crippen molar-refractivity contribution in [1.29, 1.82) is 5.26 Å². The van der Waals surface area contributed by atoms with E-state index in [9.17, 15) is 0 Å². The van der Waals surface area contributed by atoms with E-state index in [0.29, 0.717) is 11.0 Å². The molecule has 0 aromatic carbocycles. The molecule has 3 heteroatoms. The fourth-order valence-corrected chi connectivity index (χ4v) is 0.851. The van der Waals surface area contributed by atoms with Crippen molar-refractivity contribution < 1.29 is 4.42 Å². The van der Waals surface area contributed by atoms with Crippen molar-refractivity contribution in [3.05, 3.63) is 23.1 Å². The van der Waals surface area contributed by atoms with Gasteiger partial charge in [-0.2, -0.15) is 5.26 Å². The van der Waals surface area contributed by atoms with Crippen molar-refractivity contribution in [2.75, 3.05) is 0 Å². The zero-order chi connectivity index (χ0) is 8.48. The third-order valence-corrected chi connectivity index (χ3v) is 1.67. The number of halogens is 1. The van der Waals surface area contributed by atoms with Crippen molar-refractivity contribution in [3.8, 4) is 6.07 Å². The van der Waals surface area contributed by atoms with E-state index >= 15 is 0 Å². The Kier molecular flexibility index (Phi) is 1.92. The summed E-state index contributed by atoms with van der Waals surface area (Å²) < 4.78 is 5.08. The molecule has 0 fully saturated rings. The lowest BCUT2D eigenvalue weighted by Crippen LogP contribution is -2.11. The van der Waals surface area contributed by atoms with E-state index in [1.807, 2.05) is 0 Å². The Hall–Kier alpha value is -0.940. The van der Waals surface area contributed by atoms with E-state index in [0.717, 1.165) is 0 Å². The largest absolute Gasteiger partial charge is 0.448 e. The van der Waals surface area contributed by atoms with E-state index in [1.54, 1.807) is 26.0 Å². The van der Waals surface area contributed by atoms with Gasteiger partial charge in [-0.15, -0.1) is 0 Å². The molecule has 0 atom stereocenters. The summed E-state index contributed by atoms with van der Waals surface area (Å²) in [5.74, 6) is 0.602. The van der Waals surface area contributed by atoms with Gasteiger partial charge in [0.2, 0.25) is 0 Å². The van der Waals surface area contributed by atoms with Crippen LogP contribution in [0.5, 0.6) is 0 Å². The van der Waals surface area contributed by atoms with Gasteiger partial charge in [-0.3, -0.25) is 0 Å². The van der Waals surface area contributed by atoms with Crippen LogP contribution in [0, 0.1) is 11.3 Å². The molecular formula is C8H8ClNO. The van der Waals surface area contributed by atoms with Gasteiger partial charge in [-0.05, 0) is 37.6 Å². The van der Waals surface area contributed by atoms with Crippen LogP contribution in [0.25, 0.3) is 0 Å². The van der Waals surface area contributed by atoms with Gasteiger partial charge in [0, 0.05) is 0 Å². The molecule has 0 unspecified atom stereocenters. The molecule has 0 aliphatic heterocycles. The minimum atomic E-state index is -0.590. The standard InChI is InChI=1S/C8H8ClNO/c1-8(2,5-10)6-3-4-7(9)11-6/h3-4H,1-2H3. The van der Waals surface area contributed by atoms with Gasteiger partial charge in [-0.1, -0.05) is 0 Å². The molecule has 1 aromatic heterocycles. The first kappa shape index (κ1) is 8.16. The Balaban J connectivity index is 3.04. The highest BCUT2D eigenvalue weighted by molar-refractivity contribution is 6.28. The van der Waals surface area contributed by atoms with Crippen LogP contribution in [0.2, 0.25) is 5.22 Å². The Bertz CT molecular complexity index is 295. The van der Waals surface area contributed by atoms with Crippen molar-refractivity contribution in [2.24, 2.45) is 0 Å². The van der Waals surface area contributed by atoms with Crippen molar-refractivity contribution in [3.63, 3.8) is 0 Å². The number of furan rings is 1. The van der Waals surface area contributed by atoms with Crippen LogP contribution in [0.3, 0.4) is 0 Å². The monoisotopic (exact) mass is 169 g/mol. The Labute approximate surface area is 70.4 Å². The molecule has 1 aromatic rings. The lowest BCUT2D eigenvalue weighted by molar-refractivity contribution is 0.445. The maximum Gasteiger partial charge on any atom is 0.193 e. The summed E-state index contributed by atoms with van der Waals surface area (Å²) in [6.07, 6.45) is 0. The SMILES string of the molecule is CC(C)(C#N)c1ccc(Cl)o1. The summed E-state index contributed by atoms with van der Waals surface area (Å²) in [7, 11) is 0. The third kappa shape index (κ3) is 1.55. The van der Waals surface area contributed by atoms with Crippen molar-refractivity contribution >= 4 is 11.6 Å². The summed E-state index contributed by atoms with van der Waals surface area (Å²) in [6, 6.07) is 5.47. The summed E-state index contributed by atoms with van der Waals surface area (Å²) in [4.78, 5) is 0. The van der Waals surface area contributed by atoms with Crippen molar-refractivity contribution in [1.82, 2.24) is 0 Å². The summed E-state index contributed by atoms with van der Waals surface area (Å²) >= 11 is 5.55. The molecule has 2 nitrogen and oxygen atoms in total. The second-order valence-corrected chi connectivity index (χ2v) is 3.21. The molecule has 0 saturated carbocycles. The molecule has 0 aliphatic carbocycles. The van der Waals surface area contributed by atoms with Crippen LogP contribution < -0.4 is 0 Å². The van der Waals surface area contributed by atoms with Gasteiger partial charge in [-0.25, -0.2) is 0 Å². The van der Waals surface area contributed by atoms with E-state index in [4.69, 9.17) is 21.3 Å². The highest BCUT2D eigenvalue weighted by Gasteiger charge is 2.23. The Morgan fingerprint density at radius 3 is 2.55 bits per heavy atom. The lowest BCUT2D eigenvalue weighted by Gasteiger charge is -2.09. The van der Waals surface area contributed by atoms with Gasteiger partial charge in [0.05, 0.1) is 6.07 Å². The number of nitriles is 1. The first-order valence-corrected chi connectivity index (χ1v) is 3.61. The average molecular weight is 170 g/mol. The summed E-state index contributed by atoms with van der Waals surface area (Å²) in [6.45, 7) is 3.56. The fraction of sp³-hybridized carbons (Fsp3) is 0.375. The summed E-state index contributed by atoms with van der Waals surface area (Å²) in [5, 5.41) is 9.03. The molecular weight excluding hydrogens is 162 g/mol. The van der Waals surface area contributed by atoms with Crippen LogP contribution in [-0.4, -0.2) is 0 Å². The van der Waals surface area contributed by atoms with Crippen LogP contribution >= 0.6 is 11.6 Å². The molecule has 0 aliphatic rings.